The summed E-state index contributed by atoms with van der Waals surface area (Å²) in [5.41, 5.74) is 2.11. The Kier molecular flexibility index (Phi) is 3.89. The minimum atomic E-state index is 0.264. The summed E-state index contributed by atoms with van der Waals surface area (Å²) in [6, 6.07) is 10.5. The van der Waals surface area contributed by atoms with Crippen molar-refractivity contribution in [3.63, 3.8) is 0 Å². The second kappa shape index (κ2) is 5.81. The molecule has 1 atom stereocenters. The van der Waals surface area contributed by atoms with Crippen LogP contribution in [0.15, 0.2) is 57.2 Å². The van der Waals surface area contributed by atoms with Crippen molar-refractivity contribution in [3.8, 4) is 11.3 Å². The average molecular weight is 349 g/mol. The van der Waals surface area contributed by atoms with Gasteiger partial charge in [-0.05, 0) is 58.6 Å². The molecule has 0 amide bonds. The summed E-state index contributed by atoms with van der Waals surface area (Å²) in [7, 11) is 0. The Morgan fingerprint density at radius 1 is 1.25 bits per heavy atom. The molecule has 0 aliphatic rings. The third kappa shape index (κ3) is 2.78. The summed E-state index contributed by atoms with van der Waals surface area (Å²) >= 11 is 5.31. The number of rotatable bonds is 4. The van der Waals surface area contributed by atoms with Crippen molar-refractivity contribution >= 4 is 33.0 Å². The van der Waals surface area contributed by atoms with Crippen LogP contribution >= 0.6 is 27.3 Å². The van der Waals surface area contributed by atoms with Gasteiger partial charge in [0.25, 0.3) is 0 Å². The first-order valence-electron chi connectivity index (χ1n) is 6.22. The van der Waals surface area contributed by atoms with Crippen LogP contribution in [-0.4, -0.2) is 4.98 Å². The maximum Gasteiger partial charge on any atom is 0.181 e. The van der Waals surface area contributed by atoms with E-state index < -0.39 is 0 Å². The fourth-order valence-electron chi connectivity index (χ4n) is 2.02. The molecular weight excluding hydrogens is 336 g/mol. The van der Waals surface area contributed by atoms with Gasteiger partial charge in [0.05, 0.1) is 12.2 Å². The second-order valence-electron chi connectivity index (χ2n) is 4.44. The molecule has 102 valence electrons. The molecule has 20 heavy (non-hydrogen) atoms. The SMILES string of the molecule is CC(Nc1ccc(-c2cnco2)cc1)c1sccc1Br. The molecule has 0 bridgehead atoms. The molecular formula is C15H13BrN2OS. The lowest BCUT2D eigenvalue weighted by atomic mass is 10.1. The van der Waals surface area contributed by atoms with Gasteiger partial charge in [-0.2, -0.15) is 0 Å². The van der Waals surface area contributed by atoms with Crippen LogP contribution < -0.4 is 5.32 Å². The lowest BCUT2D eigenvalue weighted by Gasteiger charge is -2.14. The van der Waals surface area contributed by atoms with Gasteiger partial charge >= 0.3 is 0 Å². The molecule has 1 aromatic carbocycles. The van der Waals surface area contributed by atoms with E-state index in [1.54, 1.807) is 17.5 Å². The number of hydrogen-bond donors (Lipinski definition) is 1. The lowest BCUT2D eigenvalue weighted by molar-refractivity contribution is 0.572. The molecule has 3 rings (SSSR count). The van der Waals surface area contributed by atoms with Gasteiger partial charge in [-0.15, -0.1) is 11.3 Å². The van der Waals surface area contributed by atoms with Crippen LogP contribution in [0.3, 0.4) is 0 Å². The Bertz CT molecular complexity index is 676. The molecule has 0 aliphatic heterocycles. The van der Waals surface area contributed by atoms with E-state index in [4.69, 9.17) is 4.42 Å². The maximum absolute atomic E-state index is 5.28. The topological polar surface area (TPSA) is 38.1 Å². The molecule has 2 aromatic heterocycles. The summed E-state index contributed by atoms with van der Waals surface area (Å²) < 4.78 is 6.43. The smallest absolute Gasteiger partial charge is 0.181 e. The lowest BCUT2D eigenvalue weighted by Crippen LogP contribution is -2.05. The number of nitrogens with zero attached hydrogens (tertiary/aromatic N) is 1. The zero-order valence-corrected chi connectivity index (χ0v) is 13.2. The van der Waals surface area contributed by atoms with Gasteiger partial charge in [-0.1, -0.05) is 0 Å². The Morgan fingerprint density at radius 3 is 2.65 bits per heavy atom. The van der Waals surface area contributed by atoms with Crippen LogP contribution in [0.25, 0.3) is 11.3 Å². The molecule has 3 aromatic rings. The van der Waals surface area contributed by atoms with E-state index in [-0.39, 0.29) is 6.04 Å². The first kappa shape index (κ1) is 13.4. The summed E-state index contributed by atoms with van der Waals surface area (Å²) in [5, 5.41) is 5.58. The summed E-state index contributed by atoms with van der Waals surface area (Å²) in [4.78, 5) is 5.22. The van der Waals surface area contributed by atoms with Crippen molar-refractivity contribution in [1.82, 2.24) is 4.98 Å². The predicted molar refractivity (Wildman–Crippen MR) is 86.0 cm³/mol. The van der Waals surface area contributed by atoms with E-state index in [9.17, 15) is 0 Å². The van der Waals surface area contributed by atoms with Crippen molar-refractivity contribution in [2.45, 2.75) is 13.0 Å². The molecule has 0 saturated heterocycles. The number of oxazole rings is 1. The largest absolute Gasteiger partial charge is 0.444 e. The van der Waals surface area contributed by atoms with Gasteiger partial charge in [0.1, 0.15) is 0 Å². The van der Waals surface area contributed by atoms with Crippen molar-refractivity contribution < 1.29 is 4.42 Å². The standard InChI is InChI=1S/C15H13BrN2OS/c1-10(15-13(16)6-7-20-15)18-12-4-2-11(3-5-12)14-8-17-9-19-14/h2-10,18H,1H3. The van der Waals surface area contributed by atoms with Gasteiger partial charge in [0.2, 0.25) is 0 Å². The predicted octanol–water partition coefficient (Wildman–Crippen LogP) is 5.34. The number of thiophene rings is 1. The van der Waals surface area contributed by atoms with Crippen molar-refractivity contribution in [3.05, 3.63) is 57.7 Å². The van der Waals surface area contributed by atoms with Crippen LogP contribution in [0.2, 0.25) is 0 Å². The van der Waals surface area contributed by atoms with Crippen LogP contribution in [0, 0.1) is 0 Å². The number of halogens is 1. The Hall–Kier alpha value is -1.59. The highest BCUT2D eigenvalue weighted by Gasteiger charge is 2.10. The zero-order chi connectivity index (χ0) is 13.9. The fourth-order valence-corrected chi connectivity index (χ4v) is 3.74. The first-order chi connectivity index (χ1) is 9.74. The first-order valence-corrected chi connectivity index (χ1v) is 7.89. The van der Waals surface area contributed by atoms with E-state index >= 15 is 0 Å². The van der Waals surface area contributed by atoms with Crippen LogP contribution in [0.1, 0.15) is 17.8 Å². The van der Waals surface area contributed by atoms with E-state index in [0.717, 1.165) is 21.5 Å². The molecule has 0 radical (unpaired) electrons. The highest BCUT2D eigenvalue weighted by molar-refractivity contribution is 9.10. The summed E-state index contributed by atoms with van der Waals surface area (Å²) in [5.74, 6) is 0.783. The third-order valence-corrected chi connectivity index (χ3v) is 5.08. The van der Waals surface area contributed by atoms with Gasteiger partial charge in [-0.25, -0.2) is 4.98 Å². The molecule has 1 N–H and O–H groups in total. The van der Waals surface area contributed by atoms with Crippen molar-refractivity contribution in [2.24, 2.45) is 0 Å². The highest BCUT2D eigenvalue weighted by atomic mass is 79.9. The van der Waals surface area contributed by atoms with Gasteiger partial charge in [0.15, 0.2) is 12.2 Å². The van der Waals surface area contributed by atoms with E-state index in [1.165, 1.54) is 11.3 Å². The molecule has 0 aliphatic carbocycles. The van der Waals surface area contributed by atoms with Crippen LogP contribution in [-0.2, 0) is 0 Å². The van der Waals surface area contributed by atoms with Gasteiger partial charge in [-0.3, -0.25) is 0 Å². The second-order valence-corrected chi connectivity index (χ2v) is 6.24. The van der Waals surface area contributed by atoms with Crippen molar-refractivity contribution in [2.75, 3.05) is 5.32 Å². The molecule has 0 fully saturated rings. The average Bonchev–Trinajstić information content (AvgIpc) is 3.10. The molecule has 2 heterocycles. The van der Waals surface area contributed by atoms with Crippen LogP contribution in [0.4, 0.5) is 5.69 Å². The fraction of sp³-hybridized carbons (Fsp3) is 0.133. The molecule has 0 saturated carbocycles. The Labute approximate surface area is 129 Å². The summed E-state index contributed by atoms with van der Waals surface area (Å²) in [6.45, 7) is 2.15. The number of hydrogen-bond acceptors (Lipinski definition) is 4. The number of anilines is 1. The van der Waals surface area contributed by atoms with Gasteiger partial charge < -0.3 is 9.73 Å². The zero-order valence-electron chi connectivity index (χ0n) is 10.8. The molecule has 1 unspecified atom stereocenters. The summed E-state index contributed by atoms with van der Waals surface area (Å²) in [6.07, 6.45) is 3.16. The maximum atomic E-state index is 5.28. The van der Waals surface area contributed by atoms with E-state index in [2.05, 4.69) is 56.7 Å². The quantitative estimate of drug-likeness (QED) is 0.691. The monoisotopic (exact) mass is 348 g/mol. The highest BCUT2D eigenvalue weighted by Crippen LogP contribution is 2.31. The van der Waals surface area contributed by atoms with Gasteiger partial charge in [0, 0.05) is 20.6 Å². The minimum absolute atomic E-state index is 0.264. The number of aromatic nitrogens is 1. The third-order valence-electron chi connectivity index (χ3n) is 3.02. The Balaban J connectivity index is 1.74. The van der Waals surface area contributed by atoms with E-state index in [1.807, 2.05) is 12.1 Å². The number of benzene rings is 1. The number of nitrogens with one attached hydrogen (secondary N) is 1. The minimum Gasteiger partial charge on any atom is -0.444 e. The normalized spacial score (nSPS) is 12.3. The van der Waals surface area contributed by atoms with Crippen LogP contribution in [0.5, 0.6) is 0 Å². The van der Waals surface area contributed by atoms with Crippen molar-refractivity contribution in [1.29, 1.82) is 0 Å². The molecule has 5 heteroatoms. The molecule has 0 spiro atoms. The molecule has 3 nitrogen and oxygen atoms in total. The Morgan fingerprint density at radius 2 is 2.05 bits per heavy atom. The van der Waals surface area contributed by atoms with E-state index in [0.29, 0.717) is 0 Å².